The van der Waals surface area contributed by atoms with Crippen LogP contribution in [0.2, 0.25) is 0 Å². The van der Waals surface area contributed by atoms with Gasteiger partial charge in [0.2, 0.25) is 0 Å². The Balaban J connectivity index is 2.28. The van der Waals surface area contributed by atoms with Gasteiger partial charge in [0, 0.05) is 33.1 Å². The molecule has 0 amide bonds. The van der Waals surface area contributed by atoms with E-state index in [1.165, 1.54) is 18.3 Å². The van der Waals surface area contributed by atoms with Crippen LogP contribution in [-0.2, 0) is 4.74 Å². The average molecular weight is 283 g/mol. The number of carbonyl (C=O) groups excluding carboxylic acids is 2. The Kier molecular flexibility index (Phi) is 4.49. The summed E-state index contributed by atoms with van der Waals surface area (Å²) in [7, 11) is 0. The highest BCUT2D eigenvalue weighted by molar-refractivity contribution is 7.17. The quantitative estimate of drug-likeness (QED) is 0.655. The highest BCUT2D eigenvalue weighted by Gasteiger charge is 2.25. The van der Waals surface area contributed by atoms with Crippen LogP contribution in [0, 0.1) is 0 Å². The molecule has 0 saturated carbocycles. The molecular formula is C12H17N3O3S. The van der Waals surface area contributed by atoms with Gasteiger partial charge in [-0.05, 0) is 6.92 Å². The molecule has 0 aliphatic carbocycles. The number of Topliss-reactive ketones (excluding diaryl/α,β-unsaturated/α-hetero) is 1. The number of aromatic nitrogens is 1. The minimum atomic E-state index is -0.523. The maximum absolute atomic E-state index is 11.8. The van der Waals surface area contributed by atoms with Crippen molar-refractivity contribution in [1.29, 1.82) is 0 Å². The number of nitrogens with one attached hydrogen (secondary N) is 1. The molecule has 2 rings (SSSR count). The molecule has 1 aliphatic heterocycles. The van der Waals surface area contributed by atoms with E-state index in [1.807, 2.05) is 0 Å². The van der Waals surface area contributed by atoms with Gasteiger partial charge in [0.15, 0.2) is 16.6 Å². The van der Waals surface area contributed by atoms with Crippen LogP contribution in [0.4, 0.5) is 5.13 Å². The number of thiazole rings is 1. The Morgan fingerprint density at radius 2 is 2.11 bits per heavy atom. The zero-order chi connectivity index (χ0) is 13.8. The van der Waals surface area contributed by atoms with Gasteiger partial charge >= 0.3 is 5.97 Å². The van der Waals surface area contributed by atoms with Crippen LogP contribution in [0.3, 0.4) is 0 Å². The van der Waals surface area contributed by atoms with Crippen molar-refractivity contribution in [3.8, 4) is 0 Å². The number of ketones is 1. The van der Waals surface area contributed by atoms with Crippen LogP contribution in [0.25, 0.3) is 0 Å². The topological polar surface area (TPSA) is 71.5 Å². The van der Waals surface area contributed by atoms with E-state index in [2.05, 4.69) is 15.2 Å². The molecule has 7 heteroatoms. The molecule has 0 radical (unpaired) electrons. The predicted octanol–water partition coefficient (Wildman–Crippen LogP) is 0.932. The smallest absolute Gasteiger partial charge is 0.358 e. The number of hydrogen-bond donors (Lipinski definition) is 1. The summed E-state index contributed by atoms with van der Waals surface area (Å²) in [5, 5.41) is 3.97. The van der Waals surface area contributed by atoms with E-state index in [0.717, 1.165) is 31.3 Å². The number of nitrogens with zero attached hydrogens (tertiary/aromatic N) is 2. The molecular weight excluding hydrogens is 266 g/mol. The van der Waals surface area contributed by atoms with Crippen LogP contribution in [0.15, 0.2) is 0 Å². The zero-order valence-corrected chi connectivity index (χ0v) is 11.9. The molecule has 1 fully saturated rings. The minimum Gasteiger partial charge on any atom is -0.461 e. The monoisotopic (exact) mass is 283 g/mol. The van der Waals surface area contributed by atoms with E-state index in [1.54, 1.807) is 6.92 Å². The van der Waals surface area contributed by atoms with Crippen LogP contribution >= 0.6 is 11.3 Å². The fraction of sp³-hybridized carbons (Fsp3) is 0.583. The summed E-state index contributed by atoms with van der Waals surface area (Å²) in [5.74, 6) is -0.674. The summed E-state index contributed by atoms with van der Waals surface area (Å²) in [5.41, 5.74) is 0.146. The van der Waals surface area contributed by atoms with Crippen molar-refractivity contribution in [1.82, 2.24) is 10.3 Å². The van der Waals surface area contributed by atoms with E-state index in [4.69, 9.17) is 4.74 Å². The summed E-state index contributed by atoms with van der Waals surface area (Å²) in [6, 6.07) is 0. The Hall–Kier alpha value is -1.47. The van der Waals surface area contributed by atoms with E-state index in [0.29, 0.717) is 4.88 Å². The number of carbonyl (C=O) groups is 2. The summed E-state index contributed by atoms with van der Waals surface area (Å²) in [4.78, 5) is 30.2. The standard InChI is InChI=1S/C12H17N3O3S/c1-3-18-11(17)9-10(8(2)16)19-12(14-9)15-6-4-13-5-7-15/h13H,3-7H2,1-2H3. The lowest BCUT2D eigenvalue weighted by atomic mass is 10.3. The fourth-order valence-corrected chi connectivity index (χ4v) is 2.88. The second kappa shape index (κ2) is 6.12. The molecule has 0 bridgehead atoms. The molecule has 2 heterocycles. The van der Waals surface area contributed by atoms with Crippen molar-refractivity contribution in [2.75, 3.05) is 37.7 Å². The first-order chi connectivity index (χ1) is 9.13. The Morgan fingerprint density at radius 1 is 1.42 bits per heavy atom. The third-order valence-electron chi connectivity index (χ3n) is 2.79. The van der Waals surface area contributed by atoms with Crippen molar-refractivity contribution in [2.24, 2.45) is 0 Å². The lowest BCUT2D eigenvalue weighted by Gasteiger charge is -2.26. The van der Waals surface area contributed by atoms with Crippen LogP contribution in [0.5, 0.6) is 0 Å². The maximum atomic E-state index is 11.8. The van der Waals surface area contributed by atoms with Crippen LogP contribution in [0.1, 0.15) is 34.0 Å². The lowest BCUT2D eigenvalue weighted by molar-refractivity contribution is 0.0517. The van der Waals surface area contributed by atoms with Gasteiger partial charge in [-0.25, -0.2) is 9.78 Å². The summed E-state index contributed by atoms with van der Waals surface area (Å²) >= 11 is 1.26. The summed E-state index contributed by atoms with van der Waals surface area (Å²) in [6.07, 6.45) is 0. The number of esters is 1. The fourth-order valence-electron chi connectivity index (χ4n) is 1.88. The average Bonchev–Trinajstić information content (AvgIpc) is 2.85. The van der Waals surface area contributed by atoms with Crippen molar-refractivity contribution in [3.05, 3.63) is 10.6 Å². The van der Waals surface area contributed by atoms with Crippen LogP contribution in [-0.4, -0.2) is 49.5 Å². The molecule has 104 valence electrons. The molecule has 0 unspecified atom stereocenters. The zero-order valence-electron chi connectivity index (χ0n) is 11.1. The van der Waals surface area contributed by atoms with Gasteiger partial charge in [-0.15, -0.1) is 0 Å². The summed E-state index contributed by atoms with van der Waals surface area (Å²) < 4.78 is 4.94. The number of piperazine rings is 1. The minimum absolute atomic E-state index is 0.146. The first kappa shape index (κ1) is 14.0. The van der Waals surface area contributed by atoms with E-state index < -0.39 is 5.97 Å². The number of ether oxygens (including phenoxy) is 1. The molecule has 1 N–H and O–H groups in total. The largest absolute Gasteiger partial charge is 0.461 e. The maximum Gasteiger partial charge on any atom is 0.358 e. The van der Waals surface area contributed by atoms with Crippen molar-refractivity contribution in [3.63, 3.8) is 0 Å². The first-order valence-corrected chi connectivity index (χ1v) is 7.09. The van der Waals surface area contributed by atoms with Crippen molar-refractivity contribution in [2.45, 2.75) is 13.8 Å². The molecule has 0 atom stereocenters. The van der Waals surface area contributed by atoms with Crippen molar-refractivity contribution >= 4 is 28.2 Å². The van der Waals surface area contributed by atoms with Gasteiger partial charge in [-0.3, -0.25) is 4.79 Å². The molecule has 1 aromatic rings. The second-order valence-corrected chi connectivity index (χ2v) is 5.17. The van der Waals surface area contributed by atoms with E-state index in [-0.39, 0.29) is 18.1 Å². The number of hydrogen-bond acceptors (Lipinski definition) is 7. The Morgan fingerprint density at radius 3 is 2.68 bits per heavy atom. The predicted molar refractivity (Wildman–Crippen MR) is 73.2 cm³/mol. The van der Waals surface area contributed by atoms with Gasteiger partial charge < -0.3 is 15.0 Å². The molecule has 1 aromatic heterocycles. The van der Waals surface area contributed by atoms with Gasteiger partial charge in [-0.1, -0.05) is 11.3 Å². The summed E-state index contributed by atoms with van der Waals surface area (Å²) in [6.45, 7) is 6.86. The third-order valence-corrected chi connectivity index (χ3v) is 4.01. The molecule has 6 nitrogen and oxygen atoms in total. The van der Waals surface area contributed by atoms with E-state index >= 15 is 0 Å². The van der Waals surface area contributed by atoms with Gasteiger partial charge in [0.25, 0.3) is 0 Å². The van der Waals surface area contributed by atoms with E-state index in [9.17, 15) is 9.59 Å². The third kappa shape index (κ3) is 3.10. The van der Waals surface area contributed by atoms with Gasteiger partial charge in [0.05, 0.1) is 6.61 Å². The molecule has 0 aromatic carbocycles. The van der Waals surface area contributed by atoms with Crippen molar-refractivity contribution < 1.29 is 14.3 Å². The van der Waals surface area contributed by atoms with Crippen LogP contribution < -0.4 is 10.2 Å². The Labute approximate surface area is 115 Å². The highest BCUT2D eigenvalue weighted by Crippen LogP contribution is 2.27. The highest BCUT2D eigenvalue weighted by atomic mass is 32.1. The molecule has 0 spiro atoms. The molecule has 19 heavy (non-hydrogen) atoms. The number of anilines is 1. The van der Waals surface area contributed by atoms with Gasteiger partial charge in [-0.2, -0.15) is 0 Å². The lowest BCUT2D eigenvalue weighted by Crippen LogP contribution is -2.43. The van der Waals surface area contributed by atoms with Gasteiger partial charge in [0.1, 0.15) is 4.88 Å². The number of rotatable bonds is 4. The Bertz CT molecular complexity index is 481. The SMILES string of the molecule is CCOC(=O)c1nc(N2CCNCC2)sc1C(C)=O. The second-order valence-electron chi connectivity index (χ2n) is 4.19. The molecule has 1 saturated heterocycles. The first-order valence-electron chi connectivity index (χ1n) is 6.28. The molecule has 1 aliphatic rings. The normalized spacial score (nSPS) is 15.4.